The molecule has 2 unspecified atom stereocenters. The Balaban J connectivity index is 1.06. The van der Waals surface area contributed by atoms with Crippen molar-refractivity contribution in [3.63, 3.8) is 0 Å². The summed E-state index contributed by atoms with van der Waals surface area (Å²) in [5.74, 6) is 0.856. The minimum atomic E-state index is -3.99. The lowest BCUT2D eigenvalue weighted by Crippen LogP contribution is -2.34. The van der Waals surface area contributed by atoms with E-state index in [0.29, 0.717) is 32.4 Å². The number of sulfonamides is 2. The number of nitrogens with zero attached hydrogens (tertiary/aromatic N) is 6. The summed E-state index contributed by atoms with van der Waals surface area (Å²) >= 11 is -3.84. The van der Waals surface area contributed by atoms with Crippen LogP contribution in [0.25, 0.3) is 0 Å². The van der Waals surface area contributed by atoms with Gasteiger partial charge in [-0.25, -0.2) is 8.42 Å². The molecule has 2 heterocycles. The zero-order valence-corrected chi connectivity index (χ0v) is 30.1. The highest BCUT2D eigenvalue weighted by atomic mass is 32.3. The quantitative estimate of drug-likeness (QED) is 0.203. The molecule has 16 heteroatoms. The summed E-state index contributed by atoms with van der Waals surface area (Å²) in [7, 11) is -7.99. The predicted octanol–water partition coefficient (Wildman–Crippen LogP) is 5.34. The Morgan fingerprint density at radius 2 is 0.783 bits per heavy atom. The molecule has 254 valence electrons. The number of benzene rings is 2. The molecule has 46 heavy (non-hydrogen) atoms. The van der Waals surface area contributed by atoms with Gasteiger partial charge in [0.25, 0.3) is 42.4 Å². The summed E-state index contributed by atoms with van der Waals surface area (Å²) < 4.78 is 82.2. The Labute approximate surface area is 279 Å². The Hall–Kier alpha value is -2.82. The molecule has 12 nitrogen and oxygen atoms in total. The number of hydrogen-bond acceptors (Lipinski definition) is 8. The van der Waals surface area contributed by atoms with Gasteiger partial charge in [0.05, 0.1) is 9.79 Å². The number of rotatable bonds is 17. The minimum absolute atomic E-state index is 0.0657. The number of unbranched alkanes of at least 4 members (excludes halogenated alkanes) is 9. The van der Waals surface area contributed by atoms with E-state index in [9.17, 15) is 25.3 Å². The molecule has 0 saturated carbocycles. The van der Waals surface area contributed by atoms with E-state index >= 15 is 0 Å². The van der Waals surface area contributed by atoms with Crippen LogP contribution in [0.1, 0.15) is 89.2 Å². The smallest absolute Gasteiger partial charge is 0.258 e. The van der Waals surface area contributed by atoms with E-state index in [1.807, 2.05) is 13.8 Å². The summed E-state index contributed by atoms with van der Waals surface area (Å²) in [6, 6.07) is 12.8. The number of hydrazone groups is 2. The van der Waals surface area contributed by atoms with E-state index < -0.39 is 42.4 Å². The lowest BCUT2D eigenvalue weighted by molar-refractivity contribution is 0.507. The van der Waals surface area contributed by atoms with Crippen LogP contribution in [0.2, 0.25) is 0 Å². The third kappa shape index (κ3) is 8.55. The van der Waals surface area contributed by atoms with Gasteiger partial charge in [-0.1, -0.05) is 94.4 Å². The Morgan fingerprint density at radius 3 is 1.09 bits per heavy atom. The van der Waals surface area contributed by atoms with Crippen LogP contribution in [0.15, 0.2) is 68.5 Å². The van der Waals surface area contributed by atoms with E-state index in [1.165, 1.54) is 32.9 Å². The molecule has 0 aliphatic carbocycles. The maximum atomic E-state index is 13.0. The first-order valence-electron chi connectivity index (χ1n) is 15.6. The van der Waals surface area contributed by atoms with Crippen LogP contribution < -0.4 is 0 Å². The van der Waals surface area contributed by atoms with Crippen molar-refractivity contribution in [1.82, 2.24) is 16.2 Å². The minimum Gasteiger partial charge on any atom is -0.258 e. The SMILES string of the molecule is CC1=NN(S(=O)(=O)c2ccc(C)cc2)S(=O)N1CCCCCCCCCCCCN1C(C)=NN(S(=O)(=O)c2ccc(C)cc2)S1=O. The average Bonchev–Trinajstić information content (AvgIpc) is 3.47. The van der Waals surface area contributed by atoms with E-state index in [1.54, 1.807) is 38.1 Å². The van der Waals surface area contributed by atoms with Gasteiger partial charge in [0, 0.05) is 13.1 Å². The molecule has 0 spiro atoms. The van der Waals surface area contributed by atoms with E-state index in [4.69, 9.17) is 0 Å². The Morgan fingerprint density at radius 1 is 0.500 bits per heavy atom. The molecule has 0 amide bonds. The molecule has 4 rings (SSSR count). The normalized spacial score (nSPS) is 18.8. The Bertz CT molecular complexity index is 1550. The summed E-state index contributed by atoms with van der Waals surface area (Å²) in [6.07, 6.45) is 10.0. The van der Waals surface area contributed by atoms with Crippen LogP contribution in [0.4, 0.5) is 0 Å². The van der Waals surface area contributed by atoms with Crippen LogP contribution in [0, 0.1) is 13.8 Å². The topological polar surface area (TPSA) is 140 Å². The molecule has 0 saturated heterocycles. The lowest BCUT2D eigenvalue weighted by Gasteiger charge is -2.18. The summed E-state index contributed by atoms with van der Waals surface area (Å²) in [6.45, 7) is 8.04. The van der Waals surface area contributed by atoms with Crippen molar-refractivity contribution in [2.45, 2.75) is 102 Å². The summed E-state index contributed by atoms with van der Waals surface area (Å²) in [4.78, 5) is 0.131. The maximum absolute atomic E-state index is 13.0. The lowest BCUT2D eigenvalue weighted by atomic mass is 10.1. The van der Waals surface area contributed by atoms with Gasteiger partial charge in [0.15, 0.2) is 0 Å². The monoisotopic (exact) mass is 712 g/mol. The van der Waals surface area contributed by atoms with Gasteiger partial charge in [-0.3, -0.25) is 8.61 Å². The van der Waals surface area contributed by atoms with E-state index in [2.05, 4.69) is 10.2 Å². The van der Waals surface area contributed by atoms with E-state index in [-0.39, 0.29) is 9.79 Å². The highest BCUT2D eigenvalue weighted by Gasteiger charge is 2.39. The van der Waals surface area contributed by atoms with Gasteiger partial charge in [0.2, 0.25) is 0 Å². The largest absolute Gasteiger partial charge is 0.292 e. The van der Waals surface area contributed by atoms with Gasteiger partial charge in [-0.2, -0.15) is 16.8 Å². The Kier molecular flexibility index (Phi) is 12.4. The van der Waals surface area contributed by atoms with Crippen molar-refractivity contribution in [3.05, 3.63) is 59.7 Å². The summed E-state index contributed by atoms with van der Waals surface area (Å²) in [5, 5.41) is 8.17. The van der Waals surface area contributed by atoms with E-state index in [0.717, 1.165) is 75.3 Å². The van der Waals surface area contributed by atoms with Gasteiger partial charge in [-0.15, -0.1) is 10.2 Å². The molecule has 2 aromatic rings. The molecule has 2 aliphatic heterocycles. The number of aryl methyl sites for hydroxylation is 2. The molecule has 2 aliphatic rings. The third-order valence-corrected chi connectivity index (χ3v) is 14.8. The summed E-state index contributed by atoms with van der Waals surface area (Å²) in [5.41, 5.74) is 1.87. The molecule has 0 N–H and O–H groups in total. The van der Waals surface area contributed by atoms with Gasteiger partial charge >= 0.3 is 0 Å². The maximum Gasteiger partial charge on any atom is 0.292 e. The second-order valence-electron chi connectivity index (χ2n) is 11.5. The fourth-order valence-electron chi connectivity index (χ4n) is 5.08. The molecule has 0 fully saturated rings. The molecular formula is C30H44N6O6S4. The standard InChI is InChI=1S/C30H44N6O6S4/c1-25-15-19-29(20-16-25)45(39,40)35-31-27(3)33(43(35)37)23-13-11-9-7-5-6-8-10-12-14-24-34-28(4)32-36(44(34)38)46(41,42)30-21-17-26(2)18-22-30/h15-22H,5-14,23-24H2,1-4H3. The van der Waals surface area contributed by atoms with Crippen LogP contribution in [-0.2, 0) is 42.4 Å². The van der Waals surface area contributed by atoms with Crippen molar-refractivity contribution < 1.29 is 25.3 Å². The second-order valence-corrected chi connectivity index (χ2v) is 18.0. The highest BCUT2D eigenvalue weighted by Crippen LogP contribution is 2.27. The zero-order chi connectivity index (χ0) is 33.5. The van der Waals surface area contributed by atoms with Crippen molar-refractivity contribution in [1.29, 1.82) is 0 Å². The van der Waals surface area contributed by atoms with Crippen molar-refractivity contribution in [3.8, 4) is 0 Å². The zero-order valence-electron chi connectivity index (χ0n) is 26.9. The van der Waals surface area contributed by atoms with Crippen molar-refractivity contribution in [2.75, 3.05) is 13.1 Å². The first-order valence-corrected chi connectivity index (χ1v) is 20.6. The van der Waals surface area contributed by atoms with Gasteiger partial charge < -0.3 is 0 Å². The molecule has 2 atom stereocenters. The fourth-order valence-corrected chi connectivity index (χ4v) is 11.0. The highest BCUT2D eigenvalue weighted by molar-refractivity contribution is 8.01. The molecule has 0 radical (unpaired) electrons. The number of hydrogen-bond donors (Lipinski definition) is 0. The van der Waals surface area contributed by atoms with Gasteiger partial charge in [-0.05, 0) is 64.8 Å². The van der Waals surface area contributed by atoms with Crippen LogP contribution in [0.3, 0.4) is 0 Å². The van der Waals surface area contributed by atoms with Crippen LogP contribution >= 0.6 is 0 Å². The molecular weight excluding hydrogens is 669 g/mol. The first kappa shape index (κ1) is 36.0. The predicted molar refractivity (Wildman–Crippen MR) is 182 cm³/mol. The molecule has 2 aromatic carbocycles. The second kappa shape index (κ2) is 15.8. The average molecular weight is 713 g/mol. The molecule has 0 bridgehead atoms. The number of amidine groups is 2. The first-order chi connectivity index (χ1) is 21.8. The van der Waals surface area contributed by atoms with Crippen molar-refractivity contribution in [2.24, 2.45) is 10.2 Å². The van der Waals surface area contributed by atoms with Crippen molar-refractivity contribution >= 4 is 54.1 Å². The van der Waals surface area contributed by atoms with Gasteiger partial charge in [0.1, 0.15) is 11.7 Å². The van der Waals surface area contributed by atoms with Crippen LogP contribution in [0.5, 0.6) is 0 Å². The fraction of sp³-hybridized carbons (Fsp3) is 0.533. The third-order valence-electron chi connectivity index (χ3n) is 7.84. The van der Waals surface area contributed by atoms with Crippen LogP contribution in [-0.4, -0.2) is 66.3 Å². The molecule has 0 aromatic heterocycles.